The summed E-state index contributed by atoms with van der Waals surface area (Å²) in [5.74, 6) is 1.53. The number of nitrogens with one attached hydrogen (secondary N) is 1. The Morgan fingerprint density at radius 3 is 3.19 bits per heavy atom. The average Bonchev–Trinajstić information content (AvgIpc) is 2.98. The second-order valence-corrected chi connectivity index (χ2v) is 5.31. The van der Waals surface area contributed by atoms with Gasteiger partial charge in [0.25, 0.3) is 5.91 Å². The van der Waals surface area contributed by atoms with Crippen molar-refractivity contribution in [3.8, 4) is 0 Å². The van der Waals surface area contributed by atoms with E-state index in [1.165, 1.54) is 11.3 Å². The van der Waals surface area contributed by atoms with E-state index in [2.05, 4.69) is 10.3 Å². The first-order valence-corrected chi connectivity index (χ1v) is 6.67. The van der Waals surface area contributed by atoms with Crippen LogP contribution in [0, 0.1) is 11.8 Å². The SMILES string of the molecule is O=C(c1cscn1)N1CCC2CNCC2C1. The largest absolute Gasteiger partial charge is 0.337 e. The third-order valence-electron chi connectivity index (χ3n) is 3.64. The predicted octanol–water partition coefficient (Wildman–Crippen LogP) is 0.825. The molecule has 5 heteroatoms. The lowest BCUT2D eigenvalue weighted by Crippen LogP contribution is -2.43. The number of hydrogen-bond acceptors (Lipinski definition) is 4. The van der Waals surface area contributed by atoms with E-state index in [1.54, 1.807) is 5.51 Å². The van der Waals surface area contributed by atoms with Gasteiger partial charge >= 0.3 is 0 Å². The van der Waals surface area contributed by atoms with Crippen LogP contribution in [0.4, 0.5) is 0 Å². The second kappa shape index (κ2) is 4.14. The summed E-state index contributed by atoms with van der Waals surface area (Å²) in [6.07, 6.45) is 1.13. The maximum atomic E-state index is 12.1. The monoisotopic (exact) mass is 237 g/mol. The van der Waals surface area contributed by atoms with E-state index in [-0.39, 0.29) is 5.91 Å². The van der Waals surface area contributed by atoms with Gasteiger partial charge in [-0.05, 0) is 31.3 Å². The molecule has 2 aliphatic rings. The fourth-order valence-electron chi connectivity index (χ4n) is 2.70. The zero-order valence-electron chi connectivity index (χ0n) is 9.06. The molecular formula is C11H15N3OS. The van der Waals surface area contributed by atoms with Gasteiger partial charge in [0.1, 0.15) is 5.69 Å². The first kappa shape index (κ1) is 10.2. The van der Waals surface area contributed by atoms with Gasteiger partial charge in [0.2, 0.25) is 0 Å². The minimum absolute atomic E-state index is 0.103. The lowest BCUT2D eigenvalue weighted by atomic mass is 9.88. The fourth-order valence-corrected chi connectivity index (χ4v) is 3.23. The van der Waals surface area contributed by atoms with Crippen LogP contribution < -0.4 is 5.32 Å². The zero-order chi connectivity index (χ0) is 11.0. The van der Waals surface area contributed by atoms with Gasteiger partial charge < -0.3 is 10.2 Å². The number of likely N-dealkylation sites (tertiary alicyclic amines) is 1. The Bertz CT molecular complexity index is 379. The van der Waals surface area contributed by atoms with Gasteiger partial charge in [-0.25, -0.2) is 4.98 Å². The summed E-state index contributed by atoms with van der Waals surface area (Å²) in [4.78, 5) is 18.1. The summed E-state index contributed by atoms with van der Waals surface area (Å²) in [6, 6.07) is 0. The van der Waals surface area contributed by atoms with Crippen LogP contribution in [0.1, 0.15) is 16.9 Å². The summed E-state index contributed by atoms with van der Waals surface area (Å²) < 4.78 is 0. The maximum Gasteiger partial charge on any atom is 0.273 e. The van der Waals surface area contributed by atoms with Crippen LogP contribution in [0.15, 0.2) is 10.9 Å². The molecule has 2 aliphatic heterocycles. The summed E-state index contributed by atoms with van der Waals surface area (Å²) in [6.45, 7) is 3.97. The number of fused-ring (bicyclic) bond motifs is 1. The number of piperidine rings is 1. The summed E-state index contributed by atoms with van der Waals surface area (Å²) >= 11 is 1.48. The normalized spacial score (nSPS) is 29.1. The molecule has 0 saturated carbocycles. The predicted molar refractivity (Wildman–Crippen MR) is 62.5 cm³/mol. The van der Waals surface area contributed by atoms with Crippen molar-refractivity contribution in [2.24, 2.45) is 11.8 Å². The Morgan fingerprint density at radius 2 is 2.38 bits per heavy atom. The highest BCUT2D eigenvalue weighted by Gasteiger charge is 2.34. The van der Waals surface area contributed by atoms with Gasteiger partial charge in [-0.1, -0.05) is 0 Å². The van der Waals surface area contributed by atoms with Crippen molar-refractivity contribution in [1.82, 2.24) is 15.2 Å². The second-order valence-electron chi connectivity index (χ2n) is 4.59. The minimum Gasteiger partial charge on any atom is -0.337 e. The van der Waals surface area contributed by atoms with E-state index >= 15 is 0 Å². The lowest BCUT2D eigenvalue weighted by molar-refractivity contribution is 0.0637. The Labute approximate surface area is 98.7 Å². The van der Waals surface area contributed by atoms with Crippen molar-refractivity contribution in [2.75, 3.05) is 26.2 Å². The van der Waals surface area contributed by atoms with Crippen molar-refractivity contribution in [2.45, 2.75) is 6.42 Å². The standard InChI is InChI=1S/C11H15N3OS/c15-11(10-6-16-7-13-10)14-2-1-8-3-12-4-9(8)5-14/h6-9,12H,1-5H2. The number of nitrogens with zero attached hydrogens (tertiary/aromatic N) is 2. The molecule has 0 radical (unpaired) electrons. The van der Waals surface area contributed by atoms with Gasteiger partial charge in [0, 0.05) is 18.5 Å². The lowest BCUT2D eigenvalue weighted by Gasteiger charge is -2.34. The van der Waals surface area contributed by atoms with Gasteiger partial charge in [0.05, 0.1) is 5.51 Å². The number of aromatic nitrogens is 1. The highest BCUT2D eigenvalue weighted by molar-refractivity contribution is 7.07. The Balaban J connectivity index is 1.70. The molecular weight excluding hydrogens is 222 g/mol. The molecule has 1 aromatic rings. The van der Waals surface area contributed by atoms with Crippen LogP contribution in [0.25, 0.3) is 0 Å². The van der Waals surface area contributed by atoms with Crippen LogP contribution in [0.5, 0.6) is 0 Å². The zero-order valence-corrected chi connectivity index (χ0v) is 9.87. The van der Waals surface area contributed by atoms with Gasteiger partial charge in [-0.15, -0.1) is 11.3 Å². The molecule has 2 atom stereocenters. The van der Waals surface area contributed by atoms with Crippen molar-refractivity contribution >= 4 is 17.2 Å². The van der Waals surface area contributed by atoms with Gasteiger partial charge in [-0.2, -0.15) is 0 Å². The molecule has 1 amide bonds. The summed E-state index contributed by atoms with van der Waals surface area (Å²) in [5.41, 5.74) is 2.33. The molecule has 2 saturated heterocycles. The number of hydrogen-bond donors (Lipinski definition) is 1. The van der Waals surface area contributed by atoms with Gasteiger partial charge in [0.15, 0.2) is 0 Å². The molecule has 1 aromatic heterocycles. The number of carbonyl (C=O) groups is 1. The molecule has 4 nitrogen and oxygen atoms in total. The summed E-state index contributed by atoms with van der Waals surface area (Å²) in [7, 11) is 0. The van der Waals surface area contributed by atoms with Crippen molar-refractivity contribution in [3.05, 3.63) is 16.6 Å². The van der Waals surface area contributed by atoms with E-state index in [1.807, 2.05) is 10.3 Å². The molecule has 3 rings (SSSR count). The maximum absolute atomic E-state index is 12.1. The van der Waals surface area contributed by atoms with Crippen LogP contribution in [-0.2, 0) is 0 Å². The Morgan fingerprint density at radius 1 is 1.50 bits per heavy atom. The molecule has 0 spiro atoms. The van der Waals surface area contributed by atoms with Crippen molar-refractivity contribution in [1.29, 1.82) is 0 Å². The number of carbonyl (C=O) groups excluding carboxylic acids is 1. The molecule has 0 aromatic carbocycles. The van der Waals surface area contributed by atoms with Gasteiger partial charge in [-0.3, -0.25) is 4.79 Å². The highest BCUT2D eigenvalue weighted by atomic mass is 32.1. The van der Waals surface area contributed by atoms with E-state index < -0.39 is 0 Å². The smallest absolute Gasteiger partial charge is 0.273 e. The minimum atomic E-state index is 0.103. The third-order valence-corrected chi connectivity index (χ3v) is 4.23. The topological polar surface area (TPSA) is 45.2 Å². The molecule has 0 bridgehead atoms. The number of thiazole rings is 1. The summed E-state index contributed by atoms with van der Waals surface area (Å²) in [5, 5.41) is 5.24. The van der Waals surface area contributed by atoms with Crippen LogP contribution in [0.3, 0.4) is 0 Å². The first-order chi connectivity index (χ1) is 7.84. The Hall–Kier alpha value is -0.940. The number of rotatable bonds is 1. The molecule has 1 N–H and O–H groups in total. The third kappa shape index (κ3) is 1.74. The molecule has 0 aliphatic carbocycles. The first-order valence-electron chi connectivity index (χ1n) is 5.73. The van der Waals surface area contributed by atoms with E-state index in [0.29, 0.717) is 11.6 Å². The highest BCUT2D eigenvalue weighted by Crippen LogP contribution is 2.27. The van der Waals surface area contributed by atoms with E-state index in [9.17, 15) is 4.79 Å². The molecule has 2 fully saturated rings. The van der Waals surface area contributed by atoms with Crippen LogP contribution in [-0.4, -0.2) is 42.0 Å². The van der Waals surface area contributed by atoms with Crippen molar-refractivity contribution < 1.29 is 4.79 Å². The number of amides is 1. The van der Waals surface area contributed by atoms with Crippen molar-refractivity contribution in [3.63, 3.8) is 0 Å². The van der Waals surface area contributed by atoms with E-state index in [0.717, 1.165) is 38.5 Å². The van der Waals surface area contributed by atoms with Crippen LogP contribution >= 0.6 is 11.3 Å². The fraction of sp³-hybridized carbons (Fsp3) is 0.636. The average molecular weight is 237 g/mol. The molecule has 2 unspecified atom stereocenters. The van der Waals surface area contributed by atoms with E-state index in [4.69, 9.17) is 0 Å². The molecule has 3 heterocycles. The Kier molecular flexibility index (Phi) is 2.65. The van der Waals surface area contributed by atoms with Crippen LogP contribution in [0.2, 0.25) is 0 Å². The molecule has 16 heavy (non-hydrogen) atoms. The molecule has 86 valence electrons. The quantitative estimate of drug-likeness (QED) is 0.786.